The molecule has 0 saturated carbocycles. The minimum absolute atomic E-state index is 0.428. The molecule has 0 spiro atoms. The summed E-state index contributed by atoms with van der Waals surface area (Å²) in [6.45, 7) is 5.15. The molecule has 1 fully saturated rings. The number of nitrogens with zero attached hydrogens (tertiary/aromatic N) is 3. The smallest absolute Gasteiger partial charge is 0.158 e. The van der Waals surface area contributed by atoms with Crippen molar-refractivity contribution in [3.8, 4) is 0 Å². The minimum atomic E-state index is 0.428. The van der Waals surface area contributed by atoms with E-state index in [1.165, 1.54) is 12.8 Å². The van der Waals surface area contributed by atoms with E-state index in [2.05, 4.69) is 14.9 Å². The third kappa shape index (κ3) is 2.83. The van der Waals surface area contributed by atoms with E-state index in [1.54, 1.807) is 0 Å². The summed E-state index contributed by atoms with van der Waals surface area (Å²) in [6.07, 6.45) is 2.45. The zero-order chi connectivity index (χ0) is 11.4. The van der Waals surface area contributed by atoms with Gasteiger partial charge >= 0.3 is 0 Å². The lowest BCUT2D eigenvalue weighted by molar-refractivity contribution is 0.128. The number of aromatic nitrogens is 2. The molecule has 0 unspecified atom stereocenters. The summed E-state index contributed by atoms with van der Waals surface area (Å²) >= 11 is 5.97. The quantitative estimate of drug-likeness (QED) is 0.758. The molecule has 1 saturated heterocycles. The van der Waals surface area contributed by atoms with Crippen LogP contribution in [0.1, 0.15) is 25.6 Å². The molecule has 1 aliphatic rings. The highest BCUT2D eigenvalue weighted by molar-refractivity contribution is 6.29. The van der Waals surface area contributed by atoms with Crippen LogP contribution in [0.15, 0.2) is 6.07 Å². The van der Waals surface area contributed by atoms with Gasteiger partial charge in [-0.25, -0.2) is 9.97 Å². The van der Waals surface area contributed by atoms with Gasteiger partial charge in [-0.1, -0.05) is 11.6 Å². The van der Waals surface area contributed by atoms with Gasteiger partial charge in [0.1, 0.15) is 17.6 Å². The molecule has 0 atom stereocenters. The summed E-state index contributed by atoms with van der Waals surface area (Å²) in [7, 11) is 0. The van der Waals surface area contributed by atoms with Crippen LogP contribution in [-0.4, -0.2) is 29.7 Å². The third-order valence-corrected chi connectivity index (χ3v) is 2.79. The maximum Gasteiger partial charge on any atom is 0.158 e. The first-order valence-corrected chi connectivity index (χ1v) is 6.03. The Morgan fingerprint density at radius 3 is 2.81 bits per heavy atom. The lowest BCUT2D eigenvalue weighted by atomic mass is 10.4. The SMILES string of the molecule is CCOCc1nc(Cl)cc(N2CCCC2)n1. The van der Waals surface area contributed by atoms with E-state index >= 15 is 0 Å². The van der Waals surface area contributed by atoms with Crippen molar-refractivity contribution >= 4 is 17.4 Å². The van der Waals surface area contributed by atoms with E-state index in [-0.39, 0.29) is 0 Å². The second-order valence-electron chi connectivity index (χ2n) is 3.80. The summed E-state index contributed by atoms with van der Waals surface area (Å²) in [5, 5.41) is 0.492. The van der Waals surface area contributed by atoms with Crippen molar-refractivity contribution in [1.29, 1.82) is 0 Å². The summed E-state index contributed by atoms with van der Waals surface area (Å²) in [5.41, 5.74) is 0. The molecule has 2 rings (SSSR count). The first-order valence-electron chi connectivity index (χ1n) is 5.65. The molecule has 5 heteroatoms. The van der Waals surface area contributed by atoms with E-state index in [0.717, 1.165) is 18.9 Å². The largest absolute Gasteiger partial charge is 0.374 e. The van der Waals surface area contributed by atoms with Gasteiger partial charge in [0.25, 0.3) is 0 Å². The Balaban J connectivity index is 2.14. The van der Waals surface area contributed by atoms with Gasteiger partial charge < -0.3 is 9.64 Å². The molecule has 1 aliphatic heterocycles. The first-order chi connectivity index (χ1) is 7.79. The summed E-state index contributed by atoms with van der Waals surface area (Å²) in [4.78, 5) is 10.8. The summed E-state index contributed by atoms with van der Waals surface area (Å²) < 4.78 is 5.29. The molecule has 16 heavy (non-hydrogen) atoms. The lowest BCUT2D eigenvalue weighted by Crippen LogP contribution is -2.20. The Morgan fingerprint density at radius 2 is 2.12 bits per heavy atom. The molecule has 0 N–H and O–H groups in total. The fraction of sp³-hybridized carbons (Fsp3) is 0.636. The average Bonchev–Trinajstić information content (AvgIpc) is 2.79. The Kier molecular flexibility index (Phi) is 3.96. The maximum absolute atomic E-state index is 5.97. The topological polar surface area (TPSA) is 38.2 Å². The molecular formula is C11H16ClN3O. The van der Waals surface area contributed by atoms with Gasteiger partial charge in [-0.3, -0.25) is 0 Å². The third-order valence-electron chi connectivity index (χ3n) is 2.59. The van der Waals surface area contributed by atoms with E-state index in [4.69, 9.17) is 16.3 Å². The molecule has 2 heterocycles. The van der Waals surface area contributed by atoms with Crippen molar-refractivity contribution in [3.63, 3.8) is 0 Å². The van der Waals surface area contributed by atoms with Crippen molar-refractivity contribution < 1.29 is 4.74 Å². The number of anilines is 1. The fourth-order valence-electron chi connectivity index (χ4n) is 1.82. The Hall–Kier alpha value is -0.870. The van der Waals surface area contributed by atoms with Crippen LogP contribution in [0, 0.1) is 0 Å². The van der Waals surface area contributed by atoms with E-state index in [9.17, 15) is 0 Å². The highest BCUT2D eigenvalue weighted by Gasteiger charge is 2.15. The average molecular weight is 242 g/mol. The van der Waals surface area contributed by atoms with Crippen LogP contribution in [0.3, 0.4) is 0 Å². The predicted molar refractivity (Wildman–Crippen MR) is 63.8 cm³/mol. The monoisotopic (exact) mass is 241 g/mol. The fourth-order valence-corrected chi connectivity index (χ4v) is 2.01. The molecule has 0 aromatic carbocycles. The second kappa shape index (κ2) is 5.46. The van der Waals surface area contributed by atoms with Gasteiger partial charge in [0, 0.05) is 25.8 Å². The number of hydrogen-bond acceptors (Lipinski definition) is 4. The molecule has 0 bridgehead atoms. The highest BCUT2D eigenvalue weighted by atomic mass is 35.5. The molecular weight excluding hydrogens is 226 g/mol. The second-order valence-corrected chi connectivity index (χ2v) is 4.18. The van der Waals surface area contributed by atoms with Crippen LogP contribution in [0.2, 0.25) is 5.15 Å². The Labute approximate surface area is 101 Å². The van der Waals surface area contributed by atoms with Crippen LogP contribution in [0.5, 0.6) is 0 Å². The van der Waals surface area contributed by atoms with Crippen molar-refractivity contribution in [1.82, 2.24) is 9.97 Å². The van der Waals surface area contributed by atoms with Crippen molar-refractivity contribution in [3.05, 3.63) is 17.0 Å². The number of rotatable bonds is 4. The van der Waals surface area contributed by atoms with Crippen LogP contribution < -0.4 is 4.90 Å². The van der Waals surface area contributed by atoms with Gasteiger partial charge in [-0.2, -0.15) is 0 Å². The normalized spacial score (nSPS) is 15.8. The highest BCUT2D eigenvalue weighted by Crippen LogP contribution is 2.20. The standard InChI is InChI=1S/C11H16ClN3O/c1-2-16-8-10-13-9(12)7-11(14-10)15-5-3-4-6-15/h7H,2-6,8H2,1H3. The molecule has 4 nitrogen and oxygen atoms in total. The first kappa shape index (κ1) is 11.6. The molecule has 0 aliphatic carbocycles. The molecule has 0 amide bonds. The minimum Gasteiger partial charge on any atom is -0.374 e. The molecule has 0 radical (unpaired) electrons. The van der Waals surface area contributed by atoms with Gasteiger partial charge in [0.05, 0.1) is 0 Å². The van der Waals surface area contributed by atoms with E-state index in [0.29, 0.717) is 24.2 Å². The van der Waals surface area contributed by atoms with Crippen LogP contribution in [-0.2, 0) is 11.3 Å². The Bertz CT molecular complexity index is 353. The van der Waals surface area contributed by atoms with Crippen molar-refractivity contribution in [2.24, 2.45) is 0 Å². The van der Waals surface area contributed by atoms with Gasteiger partial charge in [-0.05, 0) is 19.8 Å². The summed E-state index contributed by atoms with van der Waals surface area (Å²) in [6, 6.07) is 1.82. The number of halogens is 1. The van der Waals surface area contributed by atoms with Gasteiger partial charge in [0.15, 0.2) is 5.82 Å². The Morgan fingerprint density at radius 1 is 1.38 bits per heavy atom. The van der Waals surface area contributed by atoms with E-state index < -0.39 is 0 Å². The van der Waals surface area contributed by atoms with Crippen molar-refractivity contribution in [2.45, 2.75) is 26.4 Å². The zero-order valence-electron chi connectivity index (χ0n) is 9.45. The van der Waals surface area contributed by atoms with E-state index in [1.807, 2.05) is 13.0 Å². The molecule has 1 aromatic rings. The van der Waals surface area contributed by atoms with Crippen molar-refractivity contribution in [2.75, 3.05) is 24.6 Å². The van der Waals surface area contributed by atoms with Crippen LogP contribution >= 0.6 is 11.6 Å². The van der Waals surface area contributed by atoms with Gasteiger partial charge in [0.2, 0.25) is 0 Å². The molecule has 88 valence electrons. The van der Waals surface area contributed by atoms with Crippen LogP contribution in [0.4, 0.5) is 5.82 Å². The summed E-state index contributed by atoms with van der Waals surface area (Å²) in [5.74, 6) is 1.59. The van der Waals surface area contributed by atoms with Gasteiger partial charge in [-0.15, -0.1) is 0 Å². The lowest BCUT2D eigenvalue weighted by Gasteiger charge is -2.16. The zero-order valence-corrected chi connectivity index (χ0v) is 10.2. The maximum atomic E-state index is 5.97. The predicted octanol–water partition coefficient (Wildman–Crippen LogP) is 2.27. The molecule has 1 aromatic heterocycles. The van der Waals surface area contributed by atoms with Crippen LogP contribution in [0.25, 0.3) is 0 Å². The number of hydrogen-bond donors (Lipinski definition) is 0. The number of ether oxygens (including phenoxy) is 1.